The van der Waals surface area contributed by atoms with Gasteiger partial charge in [0.05, 0.1) is 0 Å². The number of hydrogen-bond acceptors (Lipinski definition) is 4. The van der Waals surface area contributed by atoms with Gasteiger partial charge >= 0.3 is 5.97 Å². The molecule has 4 aliphatic rings. The molecular weight excluding hydrogens is 359 g/mol. The molecule has 4 nitrogen and oxygen atoms in total. The normalized spacial score (nSPS) is 44.8. The van der Waals surface area contributed by atoms with Crippen LogP contribution in [0, 0.1) is 34.5 Å². The molecule has 0 saturated heterocycles. The standard InChI is InChI=1S/C23H31FO4/c1-13(25)28-12-21(27)18-7-6-16-15-5-4-14-10-20(26)19(24)11-23(14,3)17(15)8-9-22(16,18)2/h10,15-19H,4-9,11-12H2,1-3H3/t15-,16-,17-,18+,19+,22-,23-/m0/s1. The van der Waals surface area contributed by atoms with Gasteiger partial charge in [-0.05, 0) is 79.6 Å². The van der Waals surface area contributed by atoms with Crippen molar-refractivity contribution in [3.8, 4) is 0 Å². The van der Waals surface area contributed by atoms with Crippen LogP contribution >= 0.6 is 0 Å². The summed E-state index contributed by atoms with van der Waals surface area (Å²) in [7, 11) is 0. The molecular formula is C23H31FO4. The van der Waals surface area contributed by atoms with Gasteiger partial charge in [-0.25, -0.2) is 4.39 Å². The molecule has 7 atom stereocenters. The second-order valence-corrected chi connectivity index (χ2v) is 10.00. The lowest BCUT2D eigenvalue weighted by molar-refractivity contribution is -0.149. The molecule has 4 rings (SSSR count). The Kier molecular flexibility index (Phi) is 4.79. The number of allylic oxidation sites excluding steroid dienone is 1. The Morgan fingerprint density at radius 2 is 1.93 bits per heavy atom. The largest absolute Gasteiger partial charge is 0.458 e. The highest BCUT2D eigenvalue weighted by Crippen LogP contribution is 2.66. The second kappa shape index (κ2) is 6.77. The molecule has 0 spiro atoms. The van der Waals surface area contributed by atoms with Gasteiger partial charge in [-0.15, -0.1) is 0 Å². The first kappa shape index (κ1) is 19.8. The Hall–Kier alpha value is -1.52. The van der Waals surface area contributed by atoms with Crippen molar-refractivity contribution in [3.63, 3.8) is 0 Å². The van der Waals surface area contributed by atoms with Crippen LogP contribution in [0.4, 0.5) is 4.39 Å². The smallest absolute Gasteiger partial charge is 0.303 e. The number of halogens is 1. The SMILES string of the molecule is CC(=O)OCC(=O)[C@H]1CC[C@H]2[C@@H]3CCC4=CC(=O)[C@H](F)C[C@]4(C)[C@H]3CC[C@]12C. The zero-order chi connectivity index (χ0) is 20.3. The van der Waals surface area contributed by atoms with Gasteiger partial charge < -0.3 is 4.74 Å². The van der Waals surface area contributed by atoms with Crippen LogP contribution in [0.5, 0.6) is 0 Å². The Balaban J connectivity index is 1.57. The summed E-state index contributed by atoms with van der Waals surface area (Å²) >= 11 is 0. The highest BCUT2D eigenvalue weighted by atomic mass is 19.1. The van der Waals surface area contributed by atoms with E-state index in [1.165, 1.54) is 6.92 Å². The monoisotopic (exact) mass is 390 g/mol. The number of carbonyl (C=O) groups excluding carboxylic acids is 3. The van der Waals surface area contributed by atoms with Crippen LogP contribution in [0.15, 0.2) is 11.6 Å². The van der Waals surface area contributed by atoms with Crippen LogP contribution in [0.1, 0.15) is 65.7 Å². The van der Waals surface area contributed by atoms with Crippen molar-refractivity contribution >= 4 is 17.5 Å². The van der Waals surface area contributed by atoms with Crippen molar-refractivity contribution < 1.29 is 23.5 Å². The number of ether oxygens (including phenoxy) is 1. The van der Waals surface area contributed by atoms with E-state index in [0.717, 1.165) is 44.1 Å². The van der Waals surface area contributed by atoms with E-state index >= 15 is 0 Å². The molecule has 0 aromatic heterocycles. The van der Waals surface area contributed by atoms with Gasteiger partial charge in [0.25, 0.3) is 0 Å². The number of Topliss-reactive ketones (excluding diaryl/α,β-unsaturated/α-hetero) is 1. The molecule has 0 aliphatic heterocycles. The van der Waals surface area contributed by atoms with Gasteiger partial charge in [-0.1, -0.05) is 19.4 Å². The number of carbonyl (C=O) groups is 3. The first-order valence-electron chi connectivity index (χ1n) is 10.7. The zero-order valence-electron chi connectivity index (χ0n) is 17.1. The molecule has 3 fully saturated rings. The molecule has 0 aromatic carbocycles. The number of rotatable bonds is 3. The number of hydrogen-bond donors (Lipinski definition) is 0. The van der Waals surface area contributed by atoms with Gasteiger partial charge in [-0.2, -0.15) is 0 Å². The summed E-state index contributed by atoms with van der Waals surface area (Å²) in [5.74, 6) is 0.545. The Morgan fingerprint density at radius 3 is 2.64 bits per heavy atom. The predicted octanol–water partition coefficient (Wildman–Crippen LogP) is 4.21. The molecule has 0 aromatic rings. The average molecular weight is 390 g/mol. The topological polar surface area (TPSA) is 60.4 Å². The van der Waals surface area contributed by atoms with Crippen LogP contribution in [0.3, 0.4) is 0 Å². The maximum Gasteiger partial charge on any atom is 0.303 e. The summed E-state index contributed by atoms with van der Waals surface area (Å²) in [5.41, 5.74) is 0.865. The molecule has 0 amide bonds. The highest BCUT2D eigenvalue weighted by molar-refractivity contribution is 5.95. The summed E-state index contributed by atoms with van der Waals surface area (Å²) in [6.07, 6.45) is 6.23. The molecule has 0 bridgehead atoms. The maximum atomic E-state index is 14.3. The highest BCUT2D eigenvalue weighted by Gasteiger charge is 2.60. The van der Waals surface area contributed by atoms with Crippen molar-refractivity contribution in [3.05, 3.63) is 11.6 Å². The maximum absolute atomic E-state index is 14.3. The van der Waals surface area contributed by atoms with E-state index in [-0.39, 0.29) is 34.9 Å². The van der Waals surface area contributed by atoms with Crippen LogP contribution in [0.25, 0.3) is 0 Å². The van der Waals surface area contributed by atoms with Crippen molar-refractivity contribution in [2.45, 2.75) is 71.9 Å². The van der Waals surface area contributed by atoms with Gasteiger partial charge in [0.2, 0.25) is 0 Å². The fraction of sp³-hybridized carbons (Fsp3) is 0.783. The minimum Gasteiger partial charge on any atom is -0.458 e. The van der Waals surface area contributed by atoms with E-state index in [2.05, 4.69) is 13.8 Å². The third-order valence-corrected chi connectivity index (χ3v) is 8.77. The minimum atomic E-state index is -1.37. The first-order valence-corrected chi connectivity index (χ1v) is 10.7. The predicted molar refractivity (Wildman–Crippen MR) is 102 cm³/mol. The van der Waals surface area contributed by atoms with Crippen LogP contribution in [0.2, 0.25) is 0 Å². The quantitative estimate of drug-likeness (QED) is 0.677. The van der Waals surface area contributed by atoms with Crippen molar-refractivity contribution in [2.75, 3.05) is 6.61 Å². The zero-order valence-corrected chi connectivity index (χ0v) is 17.1. The summed E-state index contributed by atoms with van der Waals surface area (Å²) in [6, 6.07) is 0. The fourth-order valence-electron chi connectivity index (χ4n) is 7.38. The van der Waals surface area contributed by atoms with Crippen LogP contribution in [-0.4, -0.2) is 30.3 Å². The summed E-state index contributed by atoms with van der Waals surface area (Å²) in [4.78, 5) is 35.8. The summed E-state index contributed by atoms with van der Waals surface area (Å²) in [6.45, 7) is 5.62. The molecule has 3 saturated carbocycles. The van der Waals surface area contributed by atoms with Crippen molar-refractivity contribution in [1.82, 2.24) is 0 Å². The number of alkyl halides is 1. The van der Waals surface area contributed by atoms with E-state index in [1.54, 1.807) is 6.08 Å². The molecule has 4 aliphatic carbocycles. The Morgan fingerprint density at radius 1 is 1.18 bits per heavy atom. The summed E-state index contributed by atoms with van der Waals surface area (Å²) in [5, 5.41) is 0. The average Bonchev–Trinajstić information content (AvgIpc) is 2.98. The fourth-order valence-corrected chi connectivity index (χ4v) is 7.38. The van der Waals surface area contributed by atoms with Crippen molar-refractivity contribution in [2.24, 2.45) is 34.5 Å². The molecule has 0 unspecified atom stereocenters. The van der Waals surface area contributed by atoms with Gasteiger partial charge in [0.15, 0.2) is 17.7 Å². The summed E-state index contributed by atoms with van der Waals surface area (Å²) < 4.78 is 19.3. The van der Waals surface area contributed by atoms with E-state index in [0.29, 0.717) is 24.2 Å². The molecule has 154 valence electrons. The van der Waals surface area contributed by atoms with E-state index in [1.807, 2.05) is 0 Å². The molecule has 0 N–H and O–H groups in total. The molecule has 5 heteroatoms. The van der Waals surface area contributed by atoms with Crippen LogP contribution in [-0.2, 0) is 19.1 Å². The van der Waals surface area contributed by atoms with Crippen LogP contribution < -0.4 is 0 Å². The Labute approximate surface area is 166 Å². The lowest BCUT2D eigenvalue weighted by Crippen LogP contribution is -2.52. The first-order chi connectivity index (χ1) is 13.2. The minimum absolute atomic E-state index is 0.0494. The molecule has 0 heterocycles. The third-order valence-electron chi connectivity index (χ3n) is 8.77. The van der Waals surface area contributed by atoms with Crippen molar-refractivity contribution in [1.29, 1.82) is 0 Å². The molecule has 0 radical (unpaired) electrons. The van der Waals surface area contributed by atoms with E-state index in [4.69, 9.17) is 4.74 Å². The Bertz CT molecular complexity index is 743. The van der Waals surface area contributed by atoms with E-state index in [9.17, 15) is 18.8 Å². The lowest BCUT2D eigenvalue weighted by atomic mass is 9.46. The number of ketones is 2. The number of esters is 1. The third kappa shape index (κ3) is 2.88. The van der Waals surface area contributed by atoms with Gasteiger partial charge in [-0.3, -0.25) is 14.4 Å². The van der Waals surface area contributed by atoms with Gasteiger partial charge in [0.1, 0.15) is 6.61 Å². The number of fused-ring (bicyclic) bond motifs is 5. The second-order valence-electron chi connectivity index (χ2n) is 10.00. The molecule has 28 heavy (non-hydrogen) atoms. The van der Waals surface area contributed by atoms with E-state index < -0.39 is 12.1 Å². The van der Waals surface area contributed by atoms with Gasteiger partial charge in [0, 0.05) is 12.8 Å². The lowest BCUT2D eigenvalue weighted by Gasteiger charge is -2.58.